The fourth-order valence-corrected chi connectivity index (χ4v) is 11.1. The number of benzene rings is 2. The largest absolute Gasteiger partial charge is 0.372 e. The van der Waals surface area contributed by atoms with Crippen molar-refractivity contribution in [1.82, 2.24) is 9.91 Å². The smallest absolute Gasteiger partial charge is 0.241 e. The zero-order valence-corrected chi connectivity index (χ0v) is 39.5. The molecule has 0 radical (unpaired) electrons. The number of ether oxygens (including phenoxy) is 3. The summed E-state index contributed by atoms with van der Waals surface area (Å²) in [5.41, 5.74) is 0.341. The standard InChI is InChI=1S/C52H78N4O7/c1-8-10-11-12-13-14-15-16-17-18-19-20-21-28-33-54-46(57)40-41(47(54)58)45(63-44(40)51(4,5)34-37-29-24-22-25-30-37)52(6,7)36(3)43-39-42(50(62-43)55(53)35-61-9-2)49(60)56(48(39)59)38-31-26-23-27-32-38/h22-27,29-32,36,39-45,50H,8-21,28,33-35,53H2,1-7H3. The fraction of sp³-hybridized carbons (Fsp3) is 0.692. The fourth-order valence-electron chi connectivity index (χ4n) is 11.1. The molecule has 11 nitrogen and oxygen atoms in total. The Labute approximate surface area is 378 Å². The molecular formula is C52H78N4O7. The van der Waals surface area contributed by atoms with Crippen molar-refractivity contribution in [3.8, 4) is 0 Å². The number of likely N-dealkylation sites (tertiary alicyclic amines) is 1. The maximum absolute atomic E-state index is 14.8. The van der Waals surface area contributed by atoms with Crippen LogP contribution in [0.1, 0.15) is 144 Å². The zero-order chi connectivity index (χ0) is 45.3. The van der Waals surface area contributed by atoms with Crippen molar-refractivity contribution >= 4 is 29.3 Å². The second-order valence-electron chi connectivity index (χ2n) is 20.2. The molecule has 0 aromatic heterocycles. The van der Waals surface area contributed by atoms with Gasteiger partial charge in [0.2, 0.25) is 23.6 Å². The average Bonchev–Trinajstić information content (AvgIpc) is 4.00. The maximum atomic E-state index is 14.8. The van der Waals surface area contributed by atoms with Crippen molar-refractivity contribution in [2.75, 3.05) is 24.8 Å². The molecule has 11 heteroatoms. The topological polar surface area (TPSA) is 132 Å². The monoisotopic (exact) mass is 871 g/mol. The third-order valence-corrected chi connectivity index (χ3v) is 15.0. The van der Waals surface area contributed by atoms with Gasteiger partial charge in [0.1, 0.15) is 13.0 Å². The van der Waals surface area contributed by atoms with Gasteiger partial charge in [-0.25, -0.2) is 4.90 Å². The molecule has 63 heavy (non-hydrogen) atoms. The van der Waals surface area contributed by atoms with Gasteiger partial charge in [-0.2, -0.15) is 5.01 Å². The molecule has 2 aromatic carbocycles. The molecule has 4 saturated heterocycles. The van der Waals surface area contributed by atoms with Gasteiger partial charge >= 0.3 is 0 Å². The Kier molecular flexibility index (Phi) is 17.2. The average molecular weight is 871 g/mol. The van der Waals surface area contributed by atoms with Crippen molar-refractivity contribution < 1.29 is 33.4 Å². The van der Waals surface area contributed by atoms with Gasteiger partial charge in [0.15, 0.2) is 0 Å². The minimum Gasteiger partial charge on any atom is -0.372 e. The Morgan fingerprint density at radius 1 is 0.651 bits per heavy atom. The lowest BCUT2D eigenvalue weighted by molar-refractivity contribution is -0.165. The SMILES string of the molecule is CCCCCCCCCCCCCCCCN1C(=O)C2C(C1=O)C(C(C)(C)C(C)C1OC(N(N)COCC)C3C(=O)N(c4ccccc4)C(=O)C13)OC2C(C)(C)Cc1ccccc1. The van der Waals surface area contributed by atoms with E-state index in [1.165, 1.54) is 85.4 Å². The van der Waals surface area contributed by atoms with Crippen molar-refractivity contribution in [3.63, 3.8) is 0 Å². The summed E-state index contributed by atoms with van der Waals surface area (Å²) >= 11 is 0. The highest BCUT2D eigenvalue weighted by Gasteiger charge is 2.68. The molecule has 6 rings (SSSR count). The Balaban J connectivity index is 1.18. The summed E-state index contributed by atoms with van der Waals surface area (Å²) in [6.07, 6.45) is 15.1. The lowest BCUT2D eigenvalue weighted by Crippen LogP contribution is -2.51. The highest BCUT2D eigenvalue weighted by Crippen LogP contribution is 2.56. The number of nitrogens with two attached hydrogens (primary N) is 1. The van der Waals surface area contributed by atoms with Crippen molar-refractivity contribution in [3.05, 3.63) is 66.2 Å². The molecule has 2 N–H and O–H groups in total. The minimum absolute atomic E-state index is 0.0150. The lowest BCUT2D eigenvalue weighted by atomic mass is 9.65. The first-order valence-electron chi connectivity index (χ1n) is 24.5. The van der Waals surface area contributed by atoms with E-state index in [0.29, 0.717) is 25.3 Å². The molecule has 4 fully saturated rings. The van der Waals surface area contributed by atoms with Gasteiger partial charge in [0.25, 0.3) is 0 Å². The molecule has 4 amide bonds. The minimum atomic E-state index is -0.917. The van der Waals surface area contributed by atoms with Gasteiger partial charge < -0.3 is 14.2 Å². The lowest BCUT2D eigenvalue weighted by Gasteiger charge is -2.43. The molecule has 9 atom stereocenters. The number of nitrogens with zero attached hydrogens (tertiary/aromatic N) is 3. The Bertz CT molecular complexity index is 1810. The van der Waals surface area contributed by atoms with Crippen molar-refractivity contribution in [2.45, 2.75) is 169 Å². The maximum Gasteiger partial charge on any atom is 0.241 e. The summed E-state index contributed by atoms with van der Waals surface area (Å²) in [6, 6.07) is 19.2. The zero-order valence-electron chi connectivity index (χ0n) is 39.5. The van der Waals surface area contributed by atoms with Crippen LogP contribution in [0, 0.1) is 40.4 Å². The molecule has 2 aromatic rings. The molecule has 9 unspecified atom stereocenters. The number of carbonyl (C=O) groups excluding carboxylic acids is 4. The van der Waals surface area contributed by atoms with Gasteiger partial charge in [-0.05, 0) is 54.2 Å². The summed E-state index contributed by atoms with van der Waals surface area (Å²) in [5, 5.41) is 1.37. The van der Waals surface area contributed by atoms with E-state index in [4.69, 9.17) is 20.1 Å². The number of amides is 4. The Hall–Kier alpha value is -3.48. The van der Waals surface area contributed by atoms with E-state index in [1.807, 2.05) is 38.1 Å². The first kappa shape index (κ1) is 49.0. The van der Waals surface area contributed by atoms with Crippen LogP contribution in [0.25, 0.3) is 0 Å². The molecule has 0 spiro atoms. The summed E-state index contributed by atoms with van der Waals surface area (Å²) in [6.45, 7) is 15.4. The number of para-hydroxylation sites is 1. The van der Waals surface area contributed by atoms with E-state index in [2.05, 4.69) is 46.8 Å². The van der Waals surface area contributed by atoms with Crippen LogP contribution in [-0.4, -0.2) is 78.0 Å². The van der Waals surface area contributed by atoms with Gasteiger partial charge in [0, 0.05) is 13.2 Å². The van der Waals surface area contributed by atoms with Crippen LogP contribution >= 0.6 is 0 Å². The first-order valence-corrected chi connectivity index (χ1v) is 24.5. The third-order valence-electron chi connectivity index (χ3n) is 15.0. The van der Waals surface area contributed by atoms with E-state index in [9.17, 15) is 19.2 Å². The highest BCUT2D eigenvalue weighted by atomic mass is 16.5. The second-order valence-corrected chi connectivity index (χ2v) is 20.2. The molecular weight excluding hydrogens is 793 g/mol. The Morgan fingerprint density at radius 3 is 1.71 bits per heavy atom. The third kappa shape index (κ3) is 10.8. The number of anilines is 1. The van der Waals surface area contributed by atoms with Gasteiger partial charge in [-0.3, -0.25) is 29.9 Å². The number of imide groups is 2. The van der Waals surface area contributed by atoms with Crippen molar-refractivity contribution in [2.24, 2.45) is 46.3 Å². The van der Waals surface area contributed by atoms with E-state index < -0.39 is 65.0 Å². The number of unbranched alkanes of at least 4 members (excludes halogenated alkanes) is 13. The predicted molar refractivity (Wildman–Crippen MR) is 247 cm³/mol. The van der Waals surface area contributed by atoms with Crippen LogP contribution < -0.4 is 10.7 Å². The summed E-state index contributed by atoms with van der Waals surface area (Å²) in [5.74, 6) is 2.11. The first-order chi connectivity index (χ1) is 30.3. The normalized spacial score (nSPS) is 26.7. The molecule has 0 aliphatic carbocycles. The van der Waals surface area contributed by atoms with E-state index >= 15 is 0 Å². The molecule has 4 aliphatic heterocycles. The molecule has 0 bridgehead atoms. The van der Waals surface area contributed by atoms with E-state index in [1.54, 1.807) is 24.3 Å². The van der Waals surface area contributed by atoms with Crippen LogP contribution in [0.5, 0.6) is 0 Å². The van der Waals surface area contributed by atoms with Gasteiger partial charge in [-0.15, -0.1) is 0 Å². The van der Waals surface area contributed by atoms with Gasteiger partial charge in [-0.1, -0.05) is 174 Å². The summed E-state index contributed by atoms with van der Waals surface area (Å²) in [4.78, 5) is 61.0. The van der Waals surface area contributed by atoms with E-state index in [-0.39, 0.29) is 30.4 Å². The number of rotatable bonds is 26. The number of hydrogen-bond donors (Lipinski definition) is 1. The van der Waals surface area contributed by atoms with Crippen LogP contribution in [0.4, 0.5) is 5.69 Å². The van der Waals surface area contributed by atoms with Crippen LogP contribution in [-0.2, 0) is 39.8 Å². The second kappa shape index (κ2) is 22.1. The molecule has 348 valence electrons. The quantitative estimate of drug-likeness (QED) is 0.0323. The van der Waals surface area contributed by atoms with Gasteiger partial charge in [0.05, 0.1) is 47.7 Å². The molecule has 0 saturated carbocycles. The number of hydrazine groups is 1. The molecule has 4 heterocycles. The Morgan fingerprint density at radius 2 is 1.16 bits per heavy atom. The van der Waals surface area contributed by atoms with Crippen molar-refractivity contribution in [1.29, 1.82) is 0 Å². The number of carbonyl (C=O) groups is 4. The number of hydrogen-bond acceptors (Lipinski definition) is 9. The molecule has 4 aliphatic rings. The van der Waals surface area contributed by atoms with Crippen LogP contribution in [0.3, 0.4) is 0 Å². The summed E-state index contributed by atoms with van der Waals surface area (Å²) < 4.78 is 19.5. The van der Waals surface area contributed by atoms with Crippen LogP contribution in [0.15, 0.2) is 60.7 Å². The predicted octanol–water partition coefficient (Wildman–Crippen LogP) is 9.47. The van der Waals surface area contributed by atoms with Crippen LogP contribution in [0.2, 0.25) is 0 Å². The highest BCUT2D eigenvalue weighted by molar-refractivity contribution is 6.22. The summed E-state index contributed by atoms with van der Waals surface area (Å²) in [7, 11) is 0. The number of fused-ring (bicyclic) bond motifs is 2. The van der Waals surface area contributed by atoms with E-state index in [0.717, 1.165) is 24.8 Å².